The van der Waals surface area contributed by atoms with Crippen LogP contribution in [0, 0.1) is 0 Å². The van der Waals surface area contributed by atoms with Gasteiger partial charge in [0, 0.05) is 38.1 Å². The molecule has 3 N–H and O–H groups in total. The third kappa shape index (κ3) is 7.01. The van der Waals surface area contributed by atoms with E-state index in [1.165, 1.54) is 0 Å². The Labute approximate surface area is 130 Å². The van der Waals surface area contributed by atoms with E-state index < -0.39 is 0 Å². The van der Waals surface area contributed by atoms with Crippen molar-refractivity contribution in [3.8, 4) is 0 Å². The maximum Gasteiger partial charge on any atom is 0.251 e. The van der Waals surface area contributed by atoms with Gasteiger partial charge in [-0.3, -0.25) is 9.59 Å². The molecule has 0 radical (unpaired) electrons. The van der Waals surface area contributed by atoms with E-state index in [-0.39, 0.29) is 18.4 Å². The number of methoxy groups -OCH3 is 1. The number of hydrogen-bond donors (Lipinski definition) is 3. The maximum absolute atomic E-state index is 11.9. The minimum atomic E-state index is -0.140. The monoisotopic (exact) mass is 305 g/mol. The summed E-state index contributed by atoms with van der Waals surface area (Å²) in [6, 6.07) is 6.77. The summed E-state index contributed by atoms with van der Waals surface area (Å²) in [5.74, 6) is -0.278. The minimum Gasteiger partial charge on any atom is -0.385 e. The van der Waals surface area contributed by atoms with Gasteiger partial charge in [-0.2, -0.15) is 0 Å². The van der Waals surface area contributed by atoms with Crippen LogP contribution in [0.25, 0.3) is 0 Å². The first kappa shape index (κ1) is 17.9. The zero-order valence-corrected chi connectivity index (χ0v) is 12.9. The summed E-state index contributed by atoms with van der Waals surface area (Å²) in [6.45, 7) is 5.54. The van der Waals surface area contributed by atoms with Crippen LogP contribution in [0.4, 0.5) is 5.69 Å². The molecule has 1 aromatic rings. The van der Waals surface area contributed by atoms with Gasteiger partial charge in [0.25, 0.3) is 5.91 Å². The lowest BCUT2D eigenvalue weighted by Gasteiger charge is -2.08. The zero-order valence-electron chi connectivity index (χ0n) is 12.9. The summed E-state index contributed by atoms with van der Waals surface area (Å²) in [5.41, 5.74) is 1.21. The van der Waals surface area contributed by atoms with E-state index in [4.69, 9.17) is 4.74 Å². The standard InChI is InChI=1S/C16H23N3O3/c1-3-9-17-12-15(20)19-14-7-5-13(6-8-14)16(21)18-10-4-11-22-2/h3,5-8,17H,1,4,9-12H2,2H3,(H,18,21)(H,19,20). The van der Waals surface area contributed by atoms with Crippen LogP contribution in [0.2, 0.25) is 0 Å². The molecule has 0 heterocycles. The van der Waals surface area contributed by atoms with Gasteiger partial charge in [0.15, 0.2) is 0 Å². The second kappa shape index (κ2) is 10.5. The Morgan fingerprint density at radius 2 is 2.00 bits per heavy atom. The molecule has 0 bridgehead atoms. The SMILES string of the molecule is C=CCNCC(=O)Nc1ccc(C(=O)NCCCOC)cc1. The Kier molecular flexibility index (Phi) is 8.56. The van der Waals surface area contributed by atoms with Crippen LogP contribution in [0.3, 0.4) is 0 Å². The van der Waals surface area contributed by atoms with Crippen molar-refractivity contribution in [2.45, 2.75) is 6.42 Å². The van der Waals surface area contributed by atoms with Gasteiger partial charge in [0.05, 0.1) is 6.54 Å². The third-order valence-electron chi connectivity index (χ3n) is 2.82. The van der Waals surface area contributed by atoms with Crippen molar-refractivity contribution in [1.82, 2.24) is 10.6 Å². The van der Waals surface area contributed by atoms with E-state index in [0.717, 1.165) is 6.42 Å². The summed E-state index contributed by atoms with van der Waals surface area (Å²) < 4.78 is 4.92. The Morgan fingerprint density at radius 1 is 1.27 bits per heavy atom. The molecule has 0 aliphatic rings. The molecule has 0 unspecified atom stereocenters. The molecule has 0 fully saturated rings. The normalized spacial score (nSPS) is 10.0. The molecule has 120 valence electrons. The topological polar surface area (TPSA) is 79.5 Å². The molecular formula is C16H23N3O3. The second-order valence-corrected chi connectivity index (χ2v) is 4.65. The molecule has 0 saturated heterocycles. The van der Waals surface area contributed by atoms with Crippen molar-refractivity contribution in [1.29, 1.82) is 0 Å². The number of nitrogens with one attached hydrogen (secondary N) is 3. The van der Waals surface area contributed by atoms with Gasteiger partial charge in [0.2, 0.25) is 5.91 Å². The number of rotatable bonds is 10. The highest BCUT2D eigenvalue weighted by molar-refractivity contribution is 5.96. The molecular weight excluding hydrogens is 282 g/mol. The Bertz CT molecular complexity index is 486. The summed E-state index contributed by atoms with van der Waals surface area (Å²) in [5, 5.41) is 8.46. The van der Waals surface area contributed by atoms with E-state index in [9.17, 15) is 9.59 Å². The molecule has 0 aromatic heterocycles. The van der Waals surface area contributed by atoms with E-state index in [1.54, 1.807) is 37.5 Å². The molecule has 6 nitrogen and oxygen atoms in total. The number of amides is 2. The first-order chi connectivity index (χ1) is 10.7. The number of anilines is 1. The third-order valence-corrected chi connectivity index (χ3v) is 2.82. The molecule has 22 heavy (non-hydrogen) atoms. The van der Waals surface area contributed by atoms with Crippen LogP contribution in [0.5, 0.6) is 0 Å². The average molecular weight is 305 g/mol. The molecule has 0 atom stereocenters. The average Bonchev–Trinajstić information content (AvgIpc) is 2.52. The highest BCUT2D eigenvalue weighted by atomic mass is 16.5. The first-order valence-corrected chi connectivity index (χ1v) is 7.16. The Balaban J connectivity index is 2.40. The molecule has 0 saturated carbocycles. The number of ether oxygens (including phenoxy) is 1. The number of carbonyl (C=O) groups is 2. The van der Waals surface area contributed by atoms with E-state index >= 15 is 0 Å². The highest BCUT2D eigenvalue weighted by Crippen LogP contribution is 2.09. The smallest absolute Gasteiger partial charge is 0.251 e. The summed E-state index contributed by atoms with van der Waals surface area (Å²) in [7, 11) is 1.63. The van der Waals surface area contributed by atoms with Crippen molar-refractivity contribution in [3.05, 3.63) is 42.5 Å². The van der Waals surface area contributed by atoms with Crippen molar-refractivity contribution in [2.75, 3.05) is 38.7 Å². The molecule has 2 amide bonds. The van der Waals surface area contributed by atoms with Crippen LogP contribution < -0.4 is 16.0 Å². The Morgan fingerprint density at radius 3 is 2.64 bits per heavy atom. The van der Waals surface area contributed by atoms with Crippen LogP contribution in [0.15, 0.2) is 36.9 Å². The van der Waals surface area contributed by atoms with Gasteiger partial charge in [0.1, 0.15) is 0 Å². The zero-order chi connectivity index (χ0) is 16.2. The molecule has 6 heteroatoms. The summed E-state index contributed by atoms with van der Waals surface area (Å²) in [6.07, 6.45) is 2.46. The van der Waals surface area contributed by atoms with Gasteiger partial charge in [-0.05, 0) is 30.7 Å². The largest absolute Gasteiger partial charge is 0.385 e. The molecule has 0 aliphatic heterocycles. The fourth-order valence-corrected chi connectivity index (χ4v) is 1.72. The number of hydrogen-bond acceptors (Lipinski definition) is 4. The highest BCUT2D eigenvalue weighted by Gasteiger charge is 2.06. The molecule has 1 aromatic carbocycles. The molecule has 0 aliphatic carbocycles. The van der Waals surface area contributed by atoms with Gasteiger partial charge in [-0.1, -0.05) is 6.08 Å². The van der Waals surface area contributed by atoms with Gasteiger partial charge < -0.3 is 20.7 Å². The predicted octanol–water partition coefficient (Wildman–Crippen LogP) is 1.17. The van der Waals surface area contributed by atoms with Crippen molar-refractivity contribution < 1.29 is 14.3 Å². The van der Waals surface area contributed by atoms with Crippen LogP contribution >= 0.6 is 0 Å². The summed E-state index contributed by atoms with van der Waals surface area (Å²) in [4.78, 5) is 23.5. The summed E-state index contributed by atoms with van der Waals surface area (Å²) >= 11 is 0. The van der Waals surface area contributed by atoms with Crippen LogP contribution in [0.1, 0.15) is 16.8 Å². The fraction of sp³-hybridized carbons (Fsp3) is 0.375. The van der Waals surface area contributed by atoms with Crippen LogP contribution in [-0.4, -0.2) is 45.2 Å². The number of benzene rings is 1. The lowest BCUT2D eigenvalue weighted by molar-refractivity contribution is -0.115. The maximum atomic E-state index is 11.9. The number of carbonyl (C=O) groups excluding carboxylic acids is 2. The van der Waals surface area contributed by atoms with Gasteiger partial charge >= 0.3 is 0 Å². The van der Waals surface area contributed by atoms with Crippen molar-refractivity contribution in [2.24, 2.45) is 0 Å². The molecule has 0 spiro atoms. The quantitative estimate of drug-likeness (QED) is 0.448. The fourth-order valence-electron chi connectivity index (χ4n) is 1.72. The Hall–Kier alpha value is -2.18. The lowest BCUT2D eigenvalue weighted by atomic mass is 10.2. The van der Waals surface area contributed by atoms with Gasteiger partial charge in [-0.15, -0.1) is 6.58 Å². The second-order valence-electron chi connectivity index (χ2n) is 4.65. The van der Waals surface area contributed by atoms with Crippen molar-refractivity contribution >= 4 is 17.5 Å². The predicted molar refractivity (Wildman–Crippen MR) is 87.0 cm³/mol. The van der Waals surface area contributed by atoms with Crippen LogP contribution in [-0.2, 0) is 9.53 Å². The van der Waals surface area contributed by atoms with E-state index in [1.807, 2.05) is 0 Å². The van der Waals surface area contributed by atoms with Crippen molar-refractivity contribution in [3.63, 3.8) is 0 Å². The first-order valence-electron chi connectivity index (χ1n) is 7.16. The van der Waals surface area contributed by atoms with Gasteiger partial charge in [-0.25, -0.2) is 0 Å². The lowest BCUT2D eigenvalue weighted by Crippen LogP contribution is -2.28. The van der Waals surface area contributed by atoms with E-state index in [0.29, 0.717) is 30.9 Å². The molecule has 1 rings (SSSR count). The van der Waals surface area contributed by atoms with E-state index in [2.05, 4.69) is 22.5 Å². The minimum absolute atomic E-state index is 0.137.